The molecule has 0 aromatic rings. The monoisotopic (exact) mass is 339 g/mol. The van der Waals surface area contributed by atoms with Crippen molar-refractivity contribution in [1.29, 1.82) is 0 Å². The summed E-state index contributed by atoms with van der Waals surface area (Å²) in [7, 11) is 6.86. The maximum absolute atomic E-state index is 2.29. The first-order chi connectivity index (χ1) is 7.56. The molecule has 4 heteroatoms. The summed E-state index contributed by atoms with van der Waals surface area (Å²) in [4.78, 5) is 0. The maximum Gasteiger partial charge on any atom is 0.0903 e. The van der Waals surface area contributed by atoms with Crippen molar-refractivity contribution in [1.82, 2.24) is 0 Å². The molecule has 122 valence electrons. The van der Waals surface area contributed by atoms with Gasteiger partial charge in [-0.1, -0.05) is 58.3 Å². The minimum atomic E-state index is 0. The van der Waals surface area contributed by atoms with Gasteiger partial charge in [0.2, 0.25) is 0 Å². The molecule has 0 amide bonds. The van der Waals surface area contributed by atoms with E-state index < -0.39 is 0 Å². The largest absolute Gasteiger partial charge is 0.331 e. The van der Waals surface area contributed by atoms with Crippen molar-refractivity contribution in [3.63, 3.8) is 0 Å². The molecule has 1 nitrogen and oxygen atoms in total. The summed E-state index contributed by atoms with van der Waals surface area (Å²) in [5, 5.41) is 0. The Morgan fingerprint density at radius 3 is 1.16 bits per heavy atom. The Bertz CT molecular complexity index is 147. The van der Waals surface area contributed by atoms with E-state index in [1.165, 1.54) is 70.8 Å². The fourth-order valence-corrected chi connectivity index (χ4v) is 2.07. The van der Waals surface area contributed by atoms with Crippen LogP contribution in [0.5, 0.6) is 0 Å². The van der Waals surface area contributed by atoms with Gasteiger partial charge in [0.15, 0.2) is 0 Å². The summed E-state index contributed by atoms with van der Waals surface area (Å²) in [6.45, 7) is 3.62. The second kappa shape index (κ2) is 18.8. The molecule has 0 aliphatic rings. The van der Waals surface area contributed by atoms with E-state index in [4.69, 9.17) is 0 Å². The van der Waals surface area contributed by atoms with Crippen LogP contribution in [-0.4, -0.2) is 32.2 Å². The summed E-state index contributed by atoms with van der Waals surface area (Å²) in [6, 6.07) is 0. The Balaban J connectivity index is -0.000000375. The molecule has 0 spiro atoms. The van der Waals surface area contributed by atoms with Crippen LogP contribution in [0.4, 0.5) is 0 Å². The molecule has 0 radical (unpaired) electrons. The van der Waals surface area contributed by atoms with Gasteiger partial charge >= 0.3 is 0 Å². The molecule has 0 heterocycles. The zero-order valence-corrected chi connectivity index (χ0v) is 16.3. The standard InChI is InChI=1S/C15H34N.3ClH2/c1-5-6-7-8-9-10-11-12-13-14-15-16(2,3)4;;;/h5-15H2,1-4H3;3*1H2/q4*+1. The lowest BCUT2D eigenvalue weighted by Crippen LogP contribution is -2.35. The van der Waals surface area contributed by atoms with Gasteiger partial charge in [-0.15, -0.1) is 0 Å². The first-order valence-electron chi connectivity index (χ1n) is 7.36. The number of quaternary nitrogens is 1. The second-order valence-corrected chi connectivity index (χ2v) is 6.20. The van der Waals surface area contributed by atoms with Gasteiger partial charge in [-0.3, -0.25) is 0 Å². The predicted molar refractivity (Wildman–Crippen MR) is 83.1 cm³/mol. The van der Waals surface area contributed by atoms with Crippen LogP contribution in [0.2, 0.25) is 0 Å². The van der Waals surface area contributed by atoms with E-state index in [2.05, 4.69) is 28.1 Å². The van der Waals surface area contributed by atoms with Crippen LogP contribution in [0.1, 0.15) is 71.1 Å². The average molecular weight is 341 g/mol. The quantitative estimate of drug-likeness (QED) is 0.401. The molecule has 0 fully saturated rings. The topological polar surface area (TPSA) is 0 Å². The highest BCUT2D eigenvalue weighted by molar-refractivity contribution is 4.47. The Kier molecular flexibility index (Phi) is 27.8. The molecular formula is C15H40Cl3N+4. The Hall–Kier alpha value is 0.830. The van der Waals surface area contributed by atoms with Gasteiger partial charge in [0.1, 0.15) is 0 Å². The third-order valence-corrected chi connectivity index (χ3v) is 3.18. The van der Waals surface area contributed by atoms with Crippen LogP contribution in [0, 0.1) is 37.2 Å². The van der Waals surface area contributed by atoms with Gasteiger partial charge in [-0.05, 0) is 12.8 Å². The molecule has 19 heavy (non-hydrogen) atoms. The van der Waals surface area contributed by atoms with E-state index in [0.717, 1.165) is 4.48 Å². The number of nitrogens with zero attached hydrogens (tertiary/aromatic N) is 1. The molecule has 0 saturated heterocycles. The highest BCUT2D eigenvalue weighted by Gasteiger charge is 2.04. The molecule has 0 atom stereocenters. The van der Waals surface area contributed by atoms with Crippen molar-refractivity contribution in [2.24, 2.45) is 0 Å². The van der Waals surface area contributed by atoms with Crippen molar-refractivity contribution in [2.75, 3.05) is 27.7 Å². The van der Waals surface area contributed by atoms with Crippen molar-refractivity contribution >= 4 is 0 Å². The first-order valence-corrected chi connectivity index (χ1v) is 7.36. The van der Waals surface area contributed by atoms with Gasteiger partial charge < -0.3 is 4.48 Å². The Morgan fingerprint density at radius 2 is 0.842 bits per heavy atom. The van der Waals surface area contributed by atoms with Gasteiger partial charge in [0.05, 0.1) is 64.9 Å². The second-order valence-electron chi connectivity index (χ2n) is 6.20. The van der Waals surface area contributed by atoms with E-state index in [1.54, 1.807) is 0 Å². The van der Waals surface area contributed by atoms with E-state index in [9.17, 15) is 0 Å². The van der Waals surface area contributed by atoms with Crippen molar-refractivity contribution < 1.29 is 41.7 Å². The predicted octanol–water partition coefficient (Wildman–Crippen LogP) is 3.01. The van der Waals surface area contributed by atoms with E-state index in [0.29, 0.717) is 0 Å². The van der Waals surface area contributed by atoms with Crippen molar-refractivity contribution in [2.45, 2.75) is 71.1 Å². The molecule has 0 aromatic carbocycles. The number of halogens is 3. The first kappa shape index (κ1) is 28.1. The fraction of sp³-hybridized carbons (Fsp3) is 1.00. The Labute approximate surface area is 140 Å². The minimum Gasteiger partial charge on any atom is -0.331 e. The molecule has 0 saturated carbocycles. The van der Waals surface area contributed by atoms with Crippen molar-refractivity contribution in [3.05, 3.63) is 0 Å². The molecule has 0 aliphatic carbocycles. The highest BCUT2D eigenvalue weighted by Crippen LogP contribution is 2.10. The van der Waals surface area contributed by atoms with Gasteiger partial charge in [-0.2, -0.15) is 0 Å². The Morgan fingerprint density at radius 1 is 0.526 bits per heavy atom. The van der Waals surface area contributed by atoms with Crippen LogP contribution in [0.25, 0.3) is 0 Å². The summed E-state index contributed by atoms with van der Waals surface area (Å²) in [6.07, 6.45) is 14.4. The van der Waals surface area contributed by atoms with Crippen LogP contribution in [-0.2, 0) is 0 Å². The maximum atomic E-state index is 2.29. The zero-order valence-electron chi connectivity index (χ0n) is 13.6. The fourth-order valence-electron chi connectivity index (χ4n) is 2.07. The lowest BCUT2D eigenvalue weighted by Gasteiger charge is -2.23. The van der Waals surface area contributed by atoms with Crippen LogP contribution >= 0.6 is 0 Å². The zero-order chi connectivity index (χ0) is 12.3. The van der Waals surface area contributed by atoms with Gasteiger partial charge in [-0.25, -0.2) is 0 Å². The molecular weight excluding hydrogens is 301 g/mol. The number of rotatable bonds is 11. The van der Waals surface area contributed by atoms with Gasteiger partial charge in [0, 0.05) is 0 Å². The average Bonchev–Trinajstić information content (AvgIpc) is 2.19. The summed E-state index contributed by atoms with van der Waals surface area (Å²) < 4.78 is 1.12. The number of hydrogen-bond acceptors (Lipinski definition) is 0. The molecule has 0 rings (SSSR count). The molecule has 0 unspecified atom stereocenters. The third kappa shape index (κ3) is 27.9. The minimum absolute atomic E-state index is 0. The smallest absolute Gasteiger partial charge is 0.0903 e. The van der Waals surface area contributed by atoms with Gasteiger partial charge in [0.25, 0.3) is 0 Å². The van der Waals surface area contributed by atoms with Crippen LogP contribution in [0.15, 0.2) is 0 Å². The molecule has 0 bridgehead atoms. The third-order valence-electron chi connectivity index (χ3n) is 3.18. The number of hydrogen-bond donors (Lipinski definition) is 0. The normalized spacial score (nSPS) is 10.1. The van der Waals surface area contributed by atoms with E-state index in [-0.39, 0.29) is 37.2 Å². The van der Waals surface area contributed by atoms with Crippen LogP contribution in [0.3, 0.4) is 0 Å². The molecule has 0 N–H and O–H groups in total. The lowest BCUT2D eigenvalue weighted by atomic mass is 10.1. The molecule has 0 aromatic heterocycles. The van der Waals surface area contributed by atoms with Crippen molar-refractivity contribution in [3.8, 4) is 0 Å². The highest BCUT2D eigenvalue weighted by atomic mass is 35.5. The summed E-state index contributed by atoms with van der Waals surface area (Å²) in [5.41, 5.74) is 0. The SMILES string of the molecule is CCCCCCCCCCCC[N+](C)(C)C.[ClH2+].[ClH2+].[ClH2+]. The van der Waals surface area contributed by atoms with E-state index >= 15 is 0 Å². The molecule has 0 aliphatic heterocycles. The summed E-state index contributed by atoms with van der Waals surface area (Å²) in [5.74, 6) is 0. The number of unbranched alkanes of at least 4 members (excludes halogenated alkanes) is 9. The van der Waals surface area contributed by atoms with E-state index in [1.807, 2.05) is 0 Å². The lowest BCUT2D eigenvalue weighted by molar-refractivity contribution is -0.870. The summed E-state index contributed by atoms with van der Waals surface area (Å²) >= 11 is 0. The van der Waals surface area contributed by atoms with Crippen LogP contribution < -0.4 is 0 Å².